The molecule has 2 aromatic heterocycles. The Labute approximate surface area is 99.7 Å². The van der Waals surface area contributed by atoms with E-state index in [0.717, 1.165) is 12.3 Å². The van der Waals surface area contributed by atoms with Crippen LogP contribution in [0.15, 0.2) is 29.2 Å². The van der Waals surface area contributed by atoms with E-state index in [1.54, 1.807) is 0 Å². The lowest BCUT2D eigenvalue weighted by Gasteiger charge is -2.04. The van der Waals surface area contributed by atoms with Crippen molar-refractivity contribution in [1.82, 2.24) is 10.1 Å². The summed E-state index contributed by atoms with van der Waals surface area (Å²) in [5.74, 6) is -0.735. The lowest BCUT2D eigenvalue weighted by Crippen LogP contribution is -2.14. The van der Waals surface area contributed by atoms with Crippen LogP contribution in [0, 0.1) is 10.1 Å². The number of nitro groups is 1. The number of rotatable bonds is 3. The van der Waals surface area contributed by atoms with E-state index >= 15 is 0 Å². The standard InChI is InChI=1S/C9H7N5O4/c10-8-7(1-6(3-11-8)14(16)17)9(15)13-5-2-12-18-4-5/h1-4H,(H2,10,11)(H,13,15). The first kappa shape index (κ1) is 11.5. The summed E-state index contributed by atoms with van der Waals surface area (Å²) in [6.07, 6.45) is 3.46. The van der Waals surface area contributed by atoms with Gasteiger partial charge in [-0.3, -0.25) is 14.9 Å². The molecule has 0 saturated heterocycles. The normalized spacial score (nSPS) is 10.0. The van der Waals surface area contributed by atoms with Gasteiger partial charge in [0.1, 0.15) is 24.0 Å². The highest BCUT2D eigenvalue weighted by molar-refractivity contribution is 6.07. The maximum absolute atomic E-state index is 11.8. The molecule has 0 radical (unpaired) electrons. The number of nitrogens with zero attached hydrogens (tertiary/aromatic N) is 3. The van der Waals surface area contributed by atoms with Crippen LogP contribution in [-0.4, -0.2) is 21.0 Å². The zero-order valence-corrected chi connectivity index (χ0v) is 8.86. The summed E-state index contributed by atoms with van der Waals surface area (Å²) >= 11 is 0. The summed E-state index contributed by atoms with van der Waals surface area (Å²) < 4.78 is 4.52. The Morgan fingerprint density at radius 3 is 2.89 bits per heavy atom. The molecule has 0 aromatic carbocycles. The third-order valence-electron chi connectivity index (χ3n) is 2.05. The Morgan fingerprint density at radius 1 is 1.50 bits per heavy atom. The van der Waals surface area contributed by atoms with Gasteiger partial charge >= 0.3 is 0 Å². The molecule has 2 aromatic rings. The van der Waals surface area contributed by atoms with Crippen molar-refractivity contribution in [3.05, 3.63) is 40.4 Å². The fraction of sp³-hybridized carbons (Fsp3) is 0. The maximum atomic E-state index is 11.8. The van der Waals surface area contributed by atoms with Crippen LogP contribution >= 0.6 is 0 Å². The molecule has 1 amide bonds. The van der Waals surface area contributed by atoms with Crippen molar-refractivity contribution in [2.75, 3.05) is 11.1 Å². The molecule has 0 fully saturated rings. The Morgan fingerprint density at radius 2 is 2.28 bits per heavy atom. The fourth-order valence-corrected chi connectivity index (χ4v) is 1.21. The second-order valence-corrected chi connectivity index (χ2v) is 3.25. The number of nitrogens with one attached hydrogen (secondary N) is 1. The molecule has 0 unspecified atom stereocenters. The van der Waals surface area contributed by atoms with Gasteiger partial charge in [-0.2, -0.15) is 0 Å². The van der Waals surface area contributed by atoms with Gasteiger partial charge in [0, 0.05) is 6.07 Å². The van der Waals surface area contributed by atoms with Crippen molar-refractivity contribution in [3.8, 4) is 0 Å². The van der Waals surface area contributed by atoms with E-state index in [1.807, 2.05) is 0 Å². The first-order chi connectivity index (χ1) is 8.58. The van der Waals surface area contributed by atoms with E-state index in [0.29, 0.717) is 5.69 Å². The first-order valence-electron chi connectivity index (χ1n) is 4.68. The van der Waals surface area contributed by atoms with Gasteiger partial charge < -0.3 is 15.6 Å². The minimum Gasteiger partial charge on any atom is -0.383 e. The van der Waals surface area contributed by atoms with Crippen LogP contribution in [0.25, 0.3) is 0 Å². The summed E-state index contributed by atoms with van der Waals surface area (Å²) in [5, 5.41) is 16.4. The molecule has 3 N–H and O–H groups in total. The van der Waals surface area contributed by atoms with Crippen molar-refractivity contribution in [2.45, 2.75) is 0 Å². The zero-order chi connectivity index (χ0) is 13.1. The topological polar surface area (TPSA) is 137 Å². The van der Waals surface area contributed by atoms with Gasteiger partial charge in [0.15, 0.2) is 0 Å². The summed E-state index contributed by atoms with van der Waals surface area (Å²) in [5.41, 5.74) is 5.38. The number of carbonyl (C=O) groups excluding carboxylic acids is 1. The van der Waals surface area contributed by atoms with E-state index in [4.69, 9.17) is 5.73 Å². The monoisotopic (exact) mass is 249 g/mol. The lowest BCUT2D eigenvalue weighted by atomic mass is 10.2. The Bertz CT molecular complexity index is 595. The third-order valence-corrected chi connectivity index (χ3v) is 2.05. The van der Waals surface area contributed by atoms with Gasteiger partial charge in [0.2, 0.25) is 0 Å². The number of hydrogen-bond acceptors (Lipinski definition) is 7. The molecule has 9 heteroatoms. The molecule has 0 bridgehead atoms. The second-order valence-electron chi connectivity index (χ2n) is 3.25. The average molecular weight is 249 g/mol. The molecule has 0 aliphatic carbocycles. The molecule has 0 spiro atoms. The fourth-order valence-electron chi connectivity index (χ4n) is 1.21. The molecule has 0 aliphatic heterocycles. The number of aromatic nitrogens is 2. The molecule has 18 heavy (non-hydrogen) atoms. The van der Waals surface area contributed by atoms with Crippen molar-refractivity contribution in [1.29, 1.82) is 0 Å². The van der Waals surface area contributed by atoms with Crippen LogP contribution in [-0.2, 0) is 0 Å². The van der Waals surface area contributed by atoms with Gasteiger partial charge in [-0.1, -0.05) is 5.16 Å². The summed E-state index contributed by atoms with van der Waals surface area (Å²) in [6, 6.07) is 1.05. The van der Waals surface area contributed by atoms with Crippen molar-refractivity contribution in [3.63, 3.8) is 0 Å². The van der Waals surface area contributed by atoms with Gasteiger partial charge in [0.25, 0.3) is 11.6 Å². The molecule has 0 atom stereocenters. The van der Waals surface area contributed by atoms with Crippen molar-refractivity contribution < 1.29 is 14.2 Å². The largest absolute Gasteiger partial charge is 0.383 e. The number of carbonyl (C=O) groups is 1. The molecular formula is C9H7N5O4. The van der Waals surface area contributed by atoms with E-state index in [2.05, 4.69) is 20.0 Å². The Kier molecular flexibility index (Phi) is 2.87. The summed E-state index contributed by atoms with van der Waals surface area (Å²) in [4.78, 5) is 25.3. The molecule has 2 rings (SSSR count). The van der Waals surface area contributed by atoms with E-state index in [-0.39, 0.29) is 17.1 Å². The molecular weight excluding hydrogens is 242 g/mol. The molecule has 0 aliphatic rings. The number of nitrogens with two attached hydrogens (primary N) is 1. The second kappa shape index (κ2) is 4.49. The number of pyridine rings is 1. The minimum absolute atomic E-state index is 0.0922. The predicted octanol–water partition coefficient (Wildman–Crippen LogP) is 0.812. The van der Waals surface area contributed by atoms with Crippen LogP contribution in [0.4, 0.5) is 17.2 Å². The van der Waals surface area contributed by atoms with Gasteiger partial charge in [-0.15, -0.1) is 0 Å². The van der Waals surface area contributed by atoms with E-state index in [9.17, 15) is 14.9 Å². The number of hydrogen-bond donors (Lipinski definition) is 2. The molecule has 9 nitrogen and oxygen atoms in total. The Hall–Kier alpha value is -2.97. The van der Waals surface area contributed by atoms with Crippen LogP contribution in [0.2, 0.25) is 0 Å². The minimum atomic E-state index is -0.664. The number of anilines is 2. The first-order valence-corrected chi connectivity index (χ1v) is 4.68. The van der Waals surface area contributed by atoms with E-state index in [1.165, 1.54) is 12.5 Å². The average Bonchev–Trinajstić information content (AvgIpc) is 2.81. The SMILES string of the molecule is Nc1ncc([N+](=O)[O-])cc1C(=O)Nc1cnoc1. The maximum Gasteiger partial charge on any atom is 0.288 e. The van der Waals surface area contributed by atoms with Crippen LogP contribution in [0.3, 0.4) is 0 Å². The van der Waals surface area contributed by atoms with Crippen molar-refractivity contribution >= 4 is 23.1 Å². The lowest BCUT2D eigenvalue weighted by molar-refractivity contribution is -0.385. The van der Waals surface area contributed by atoms with Crippen molar-refractivity contribution in [2.24, 2.45) is 0 Å². The van der Waals surface area contributed by atoms with Gasteiger partial charge in [-0.25, -0.2) is 4.98 Å². The van der Waals surface area contributed by atoms with Gasteiger partial charge in [-0.05, 0) is 0 Å². The quantitative estimate of drug-likeness (QED) is 0.606. The zero-order valence-electron chi connectivity index (χ0n) is 8.86. The summed E-state index contributed by atoms with van der Waals surface area (Å²) in [7, 11) is 0. The molecule has 0 saturated carbocycles. The van der Waals surface area contributed by atoms with Crippen LogP contribution < -0.4 is 11.1 Å². The highest BCUT2D eigenvalue weighted by atomic mass is 16.6. The Balaban J connectivity index is 2.29. The highest BCUT2D eigenvalue weighted by Gasteiger charge is 2.17. The van der Waals surface area contributed by atoms with Crippen LogP contribution in [0.1, 0.15) is 10.4 Å². The highest BCUT2D eigenvalue weighted by Crippen LogP contribution is 2.18. The number of amides is 1. The smallest absolute Gasteiger partial charge is 0.288 e. The number of nitrogen functional groups attached to an aromatic ring is 1. The van der Waals surface area contributed by atoms with Gasteiger partial charge in [0.05, 0.1) is 16.7 Å². The third kappa shape index (κ3) is 2.24. The summed E-state index contributed by atoms with van der Waals surface area (Å²) in [6.45, 7) is 0. The van der Waals surface area contributed by atoms with Crippen LogP contribution in [0.5, 0.6) is 0 Å². The molecule has 2 heterocycles. The van der Waals surface area contributed by atoms with E-state index < -0.39 is 10.8 Å². The molecule has 92 valence electrons. The predicted molar refractivity (Wildman–Crippen MR) is 59.8 cm³/mol.